The van der Waals surface area contributed by atoms with E-state index in [4.69, 9.17) is 14.9 Å². The number of fused-ring (bicyclic) bond motifs is 1. The lowest BCUT2D eigenvalue weighted by Crippen LogP contribution is -2.39. The fraction of sp³-hybridized carbons (Fsp3) is 0.250. The van der Waals surface area contributed by atoms with Crippen LogP contribution in [0.1, 0.15) is 47.2 Å². The Balaban J connectivity index is 1.40. The summed E-state index contributed by atoms with van der Waals surface area (Å²) in [6, 6.07) is 27.8. The summed E-state index contributed by atoms with van der Waals surface area (Å²) in [6.45, 7) is 2.89. The lowest BCUT2D eigenvalue weighted by Gasteiger charge is -2.24. The van der Waals surface area contributed by atoms with Crippen molar-refractivity contribution >= 4 is 16.7 Å². The van der Waals surface area contributed by atoms with Crippen LogP contribution in [0.15, 0.2) is 89.3 Å². The van der Waals surface area contributed by atoms with Gasteiger partial charge in [-0.25, -0.2) is 0 Å². The Labute approximate surface area is 193 Å². The minimum atomic E-state index is -0.257. The topological polar surface area (TPSA) is 68.7 Å². The van der Waals surface area contributed by atoms with E-state index in [9.17, 15) is 4.79 Å². The monoisotopic (exact) mass is 440 g/mol. The van der Waals surface area contributed by atoms with Gasteiger partial charge in [-0.3, -0.25) is 4.79 Å². The number of likely N-dealkylation sites (tertiary alicyclic amines) is 1. The van der Waals surface area contributed by atoms with Crippen LogP contribution in [-0.4, -0.2) is 30.0 Å². The standard InChI is InChI=1S/C28H28N2O3/c1-19(29)25-14-15-27(33-25)28(31)30-17-22(20-8-3-2-4-9-20)16-23(30)18-32-26-13-7-11-21-10-5-6-12-24(21)26/h2-15,19,22-23H,16-18,29H2,1H3/t19-,22-,23-/m0/s1. The minimum absolute atomic E-state index is 0.0643. The highest BCUT2D eigenvalue weighted by atomic mass is 16.5. The Morgan fingerprint density at radius 1 is 1.03 bits per heavy atom. The molecule has 1 aliphatic heterocycles. The normalized spacial score (nSPS) is 19.0. The van der Waals surface area contributed by atoms with Gasteiger partial charge in [0.2, 0.25) is 0 Å². The zero-order valence-electron chi connectivity index (χ0n) is 18.7. The van der Waals surface area contributed by atoms with Gasteiger partial charge in [0.15, 0.2) is 5.76 Å². The Hall–Kier alpha value is -3.57. The van der Waals surface area contributed by atoms with E-state index in [0.717, 1.165) is 22.9 Å². The summed E-state index contributed by atoms with van der Waals surface area (Å²) >= 11 is 0. The largest absolute Gasteiger partial charge is 0.491 e. The van der Waals surface area contributed by atoms with Crippen molar-refractivity contribution in [3.05, 3.63) is 102 Å². The van der Waals surface area contributed by atoms with Crippen LogP contribution in [0.4, 0.5) is 0 Å². The van der Waals surface area contributed by atoms with E-state index in [-0.39, 0.29) is 23.9 Å². The van der Waals surface area contributed by atoms with Gasteiger partial charge in [0.25, 0.3) is 5.91 Å². The summed E-state index contributed by atoms with van der Waals surface area (Å²) in [5.74, 6) is 1.90. The van der Waals surface area contributed by atoms with Gasteiger partial charge in [-0.2, -0.15) is 0 Å². The number of furan rings is 1. The molecule has 0 saturated carbocycles. The van der Waals surface area contributed by atoms with Gasteiger partial charge >= 0.3 is 0 Å². The molecular weight excluding hydrogens is 412 g/mol. The summed E-state index contributed by atoms with van der Waals surface area (Å²) in [7, 11) is 0. The van der Waals surface area contributed by atoms with Crippen molar-refractivity contribution in [2.24, 2.45) is 5.73 Å². The smallest absolute Gasteiger partial charge is 0.289 e. The molecule has 0 unspecified atom stereocenters. The number of carbonyl (C=O) groups excluding carboxylic acids is 1. The summed E-state index contributed by atoms with van der Waals surface area (Å²) in [5, 5.41) is 2.21. The first kappa shape index (κ1) is 21.3. The molecule has 2 N–H and O–H groups in total. The summed E-state index contributed by atoms with van der Waals surface area (Å²) in [5.41, 5.74) is 7.16. The van der Waals surface area contributed by atoms with Gasteiger partial charge in [-0.05, 0) is 42.5 Å². The molecule has 3 atom stereocenters. The molecule has 1 amide bonds. The Kier molecular flexibility index (Phi) is 5.88. The second-order valence-electron chi connectivity index (χ2n) is 8.73. The Bertz CT molecular complexity index is 1240. The van der Waals surface area contributed by atoms with Crippen molar-refractivity contribution < 1.29 is 13.9 Å². The molecule has 1 aromatic heterocycles. The van der Waals surface area contributed by atoms with E-state index in [1.165, 1.54) is 5.56 Å². The van der Waals surface area contributed by atoms with Gasteiger partial charge < -0.3 is 19.8 Å². The maximum absolute atomic E-state index is 13.4. The first-order valence-corrected chi connectivity index (χ1v) is 11.4. The van der Waals surface area contributed by atoms with Crippen LogP contribution in [0, 0.1) is 0 Å². The minimum Gasteiger partial charge on any atom is -0.491 e. The van der Waals surface area contributed by atoms with Crippen LogP contribution < -0.4 is 10.5 Å². The number of hydrogen-bond donors (Lipinski definition) is 1. The number of carbonyl (C=O) groups is 1. The quantitative estimate of drug-likeness (QED) is 0.428. The van der Waals surface area contributed by atoms with Crippen molar-refractivity contribution in [3.8, 4) is 5.75 Å². The van der Waals surface area contributed by atoms with Crippen molar-refractivity contribution in [1.82, 2.24) is 4.90 Å². The molecule has 3 aromatic carbocycles. The van der Waals surface area contributed by atoms with Crippen molar-refractivity contribution in [1.29, 1.82) is 0 Å². The maximum atomic E-state index is 13.4. The fourth-order valence-electron chi connectivity index (χ4n) is 4.65. The van der Waals surface area contributed by atoms with Crippen LogP contribution in [0.2, 0.25) is 0 Å². The lowest BCUT2D eigenvalue weighted by molar-refractivity contribution is 0.0657. The van der Waals surface area contributed by atoms with Crippen molar-refractivity contribution in [2.45, 2.75) is 31.3 Å². The molecule has 4 aromatic rings. The number of hydrogen-bond acceptors (Lipinski definition) is 4. The predicted octanol–water partition coefficient (Wildman–Crippen LogP) is 5.53. The Morgan fingerprint density at radius 2 is 1.79 bits per heavy atom. The zero-order chi connectivity index (χ0) is 22.8. The molecule has 1 saturated heterocycles. The molecule has 5 rings (SSSR count). The first-order chi connectivity index (χ1) is 16.1. The van der Waals surface area contributed by atoms with E-state index in [1.807, 2.05) is 54.3 Å². The number of benzene rings is 3. The maximum Gasteiger partial charge on any atom is 0.289 e. The van der Waals surface area contributed by atoms with E-state index < -0.39 is 0 Å². The number of nitrogens with two attached hydrogens (primary N) is 1. The predicted molar refractivity (Wildman–Crippen MR) is 129 cm³/mol. The van der Waals surface area contributed by atoms with Crippen molar-refractivity contribution in [3.63, 3.8) is 0 Å². The highest BCUT2D eigenvalue weighted by Crippen LogP contribution is 2.34. The molecule has 1 aliphatic rings. The molecule has 5 heteroatoms. The average Bonchev–Trinajstić information content (AvgIpc) is 3.51. The number of nitrogens with zero attached hydrogens (tertiary/aromatic N) is 1. The SMILES string of the molecule is C[C@H](N)c1ccc(C(=O)N2C[C@@H](c3ccccc3)C[C@H]2COc2cccc3ccccc23)o1. The third kappa shape index (κ3) is 4.37. The molecule has 1 fully saturated rings. The zero-order valence-corrected chi connectivity index (χ0v) is 18.7. The van der Waals surface area contributed by atoms with Crippen LogP contribution >= 0.6 is 0 Å². The molecular formula is C28H28N2O3. The van der Waals surface area contributed by atoms with Crippen molar-refractivity contribution in [2.75, 3.05) is 13.2 Å². The van der Waals surface area contributed by atoms with E-state index in [0.29, 0.717) is 24.7 Å². The van der Waals surface area contributed by atoms with Crippen LogP contribution in [-0.2, 0) is 0 Å². The van der Waals surface area contributed by atoms with Crippen LogP contribution in [0.5, 0.6) is 5.75 Å². The number of ether oxygens (including phenoxy) is 1. The Morgan fingerprint density at radius 3 is 2.58 bits per heavy atom. The van der Waals surface area contributed by atoms with Gasteiger partial charge in [0.05, 0.1) is 12.1 Å². The molecule has 0 aliphatic carbocycles. The molecule has 168 valence electrons. The molecule has 2 heterocycles. The highest BCUT2D eigenvalue weighted by molar-refractivity contribution is 5.92. The molecule has 0 bridgehead atoms. The molecule has 5 nitrogen and oxygen atoms in total. The third-order valence-corrected chi connectivity index (χ3v) is 6.41. The van der Waals surface area contributed by atoms with Gasteiger partial charge in [-0.1, -0.05) is 66.7 Å². The third-order valence-electron chi connectivity index (χ3n) is 6.41. The summed E-state index contributed by atoms with van der Waals surface area (Å²) < 4.78 is 12.1. The summed E-state index contributed by atoms with van der Waals surface area (Å²) in [4.78, 5) is 15.3. The molecule has 0 spiro atoms. The fourth-order valence-corrected chi connectivity index (χ4v) is 4.65. The van der Waals surface area contributed by atoms with Gasteiger partial charge in [0.1, 0.15) is 18.1 Å². The van der Waals surface area contributed by atoms with E-state index in [1.54, 1.807) is 12.1 Å². The number of rotatable bonds is 6. The highest BCUT2D eigenvalue weighted by Gasteiger charge is 2.38. The molecule has 33 heavy (non-hydrogen) atoms. The van der Waals surface area contributed by atoms with Crippen LogP contribution in [0.3, 0.4) is 0 Å². The number of amides is 1. The molecule has 0 radical (unpaired) electrons. The van der Waals surface area contributed by atoms with E-state index in [2.05, 4.69) is 30.3 Å². The second-order valence-corrected chi connectivity index (χ2v) is 8.73. The average molecular weight is 441 g/mol. The van der Waals surface area contributed by atoms with Crippen LogP contribution in [0.25, 0.3) is 10.8 Å². The first-order valence-electron chi connectivity index (χ1n) is 11.4. The summed E-state index contributed by atoms with van der Waals surface area (Å²) in [6.07, 6.45) is 0.835. The van der Waals surface area contributed by atoms with Gasteiger partial charge in [0, 0.05) is 17.8 Å². The lowest BCUT2D eigenvalue weighted by atomic mass is 9.97. The van der Waals surface area contributed by atoms with Gasteiger partial charge in [-0.15, -0.1) is 0 Å². The van der Waals surface area contributed by atoms with E-state index >= 15 is 0 Å². The second kappa shape index (κ2) is 9.12.